The largest absolute Gasteiger partial charge is 0.504 e. The van der Waals surface area contributed by atoms with Gasteiger partial charge in [-0.3, -0.25) is 9.54 Å². The number of rotatable bonds is 11. The van der Waals surface area contributed by atoms with E-state index in [2.05, 4.69) is 25.6 Å². The molecule has 0 saturated heterocycles. The van der Waals surface area contributed by atoms with Gasteiger partial charge in [0.15, 0.2) is 17.2 Å². The average Bonchev–Trinajstić information content (AvgIpc) is 3.79. The van der Waals surface area contributed by atoms with E-state index >= 15 is 0 Å². The van der Waals surface area contributed by atoms with Gasteiger partial charge >= 0.3 is 18.0 Å². The van der Waals surface area contributed by atoms with Gasteiger partial charge in [0.1, 0.15) is 10.5 Å². The number of benzene rings is 4. The third-order valence-electron chi connectivity index (χ3n) is 10.1. The zero-order valence-corrected chi connectivity index (χ0v) is 33.3. The molecule has 0 fully saturated rings. The molecule has 2 aliphatic heterocycles. The number of hydrogen-bond donors (Lipinski definition) is 4. The van der Waals surface area contributed by atoms with Gasteiger partial charge in [0.2, 0.25) is 0 Å². The molecular formula is C44H35N5O9S2. The maximum atomic E-state index is 14.1. The molecule has 0 radical (unpaired) electrons. The molecule has 4 heterocycles. The van der Waals surface area contributed by atoms with Crippen LogP contribution in [-0.4, -0.2) is 59.1 Å². The Labute approximate surface area is 348 Å². The van der Waals surface area contributed by atoms with Crippen molar-refractivity contribution in [3.05, 3.63) is 171 Å². The molecule has 2 aliphatic rings. The summed E-state index contributed by atoms with van der Waals surface area (Å²) in [5.74, 6) is -3.65. The topological polar surface area (TPSA) is 206 Å². The Balaban J connectivity index is 1.18. The third kappa shape index (κ3) is 8.03. The van der Waals surface area contributed by atoms with Crippen LogP contribution < -0.4 is 20.1 Å². The Morgan fingerprint density at radius 3 is 2.03 bits per heavy atom. The van der Waals surface area contributed by atoms with Crippen molar-refractivity contribution in [2.45, 2.75) is 35.7 Å². The summed E-state index contributed by atoms with van der Waals surface area (Å²) in [7, 11) is -5.08. The van der Waals surface area contributed by atoms with E-state index in [0.29, 0.717) is 28.1 Å². The number of carbonyl (C=O) groups excluding carboxylic acids is 3. The Morgan fingerprint density at radius 2 is 1.40 bits per heavy atom. The number of nitrogens with zero attached hydrogens (tertiary/aromatic N) is 3. The second-order valence-electron chi connectivity index (χ2n) is 13.8. The Bertz CT molecular complexity index is 2770. The number of thiophene rings is 1. The summed E-state index contributed by atoms with van der Waals surface area (Å²) in [4.78, 5) is 52.5. The highest BCUT2D eigenvalue weighted by molar-refractivity contribution is 7.86. The van der Waals surface area contributed by atoms with Crippen molar-refractivity contribution >= 4 is 50.9 Å². The molecule has 302 valence electrons. The lowest BCUT2D eigenvalue weighted by atomic mass is 9.80. The van der Waals surface area contributed by atoms with Gasteiger partial charge in [-0.15, -0.1) is 0 Å². The zero-order valence-electron chi connectivity index (χ0n) is 31.6. The number of phenolic OH excluding ortho intramolecular Hbond substituents is 1. The van der Waals surface area contributed by atoms with Crippen molar-refractivity contribution in [1.29, 1.82) is 0 Å². The summed E-state index contributed by atoms with van der Waals surface area (Å²) in [5.41, 5.74) is 3.90. The number of pyridine rings is 1. The molecule has 2 aromatic heterocycles. The lowest BCUT2D eigenvalue weighted by Gasteiger charge is -2.33. The molecule has 14 nitrogen and oxygen atoms in total. The molecule has 60 heavy (non-hydrogen) atoms. The van der Waals surface area contributed by atoms with Crippen molar-refractivity contribution in [3.8, 4) is 17.2 Å². The monoisotopic (exact) mass is 841 g/mol. The van der Waals surface area contributed by atoms with Gasteiger partial charge in [-0.25, -0.2) is 14.4 Å². The Kier molecular flexibility index (Phi) is 11.1. The van der Waals surface area contributed by atoms with Crippen molar-refractivity contribution in [3.63, 3.8) is 0 Å². The lowest BCUT2D eigenvalue weighted by Crippen LogP contribution is -2.40. The molecule has 6 aromatic rings. The molecule has 4 aromatic carbocycles. The normalized spacial score (nSPS) is 19.0. The second kappa shape index (κ2) is 16.7. The van der Waals surface area contributed by atoms with E-state index < -0.39 is 74.0 Å². The Hall–Kier alpha value is -7.01. The van der Waals surface area contributed by atoms with Gasteiger partial charge in [-0.1, -0.05) is 72.8 Å². The number of hydrogen-bond acceptors (Lipinski definition) is 10. The van der Waals surface area contributed by atoms with Crippen molar-refractivity contribution in [1.82, 2.24) is 15.6 Å². The van der Waals surface area contributed by atoms with Crippen LogP contribution >= 0.6 is 11.3 Å². The fraction of sp³-hybridized carbons (Fsp3) is 0.136. The predicted molar refractivity (Wildman–Crippen MR) is 223 cm³/mol. The number of phenols is 1. The number of nitrogens with one attached hydrogen (secondary N) is 2. The van der Waals surface area contributed by atoms with Crippen LogP contribution in [0.3, 0.4) is 0 Å². The summed E-state index contributed by atoms with van der Waals surface area (Å²) >= 11 is 1.44. The molecule has 8 rings (SSSR count). The standard InChI is InChI=1S/C44H35N5O9S2/c1-2-57-33-21-30(40-36(29-17-19-59-24-29)39(48-44(53)49-40)28-14-9-18-45-23-28)20-31(41(33)50)42(51)58-32-16-15-27(22-34(32)60(54,55)56)38-35(25-10-5-3-6-11-25)37(46-43(52)47-38)26-12-7-4-8-13-26/h3-24,35-36,38,40,50H,2H2,1H3,(H,47,52)(H,49,53)(H,54,55,56)/t35?,36?,38?,40-/m0/s1. The molecule has 4 N–H and O–H groups in total. The summed E-state index contributed by atoms with van der Waals surface area (Å²) in [6, 6.07) is 27.3. The van der Waals surface area contributed by atoms with E-state index in [1.54, 1.807) is 31.5 Å². The van der Waals surface area contributed by atoms with Gasteiger partial charge in [-0.05, 0) is 81.9 Å². The van der Waals surface area contributed by atoms with Gasteiger partial charge in [-0.2, -0.15) is 29.7 Å². The SMILES string of the molecule is CCOc1cc([C@@H]2NC(=O)N=C(c3cccnc3)C2c2ccsc2)cc(C(=O)Oc2ccc(C3NC(=O)N=C(c4ccccc4)C3c3ccccc3)cc2S(=O)(=O)O)c1O. The number of aromatic hydroxyl groups is 1. The first-order valence-corrected chi connectivity index (χ1v) is 21.0. The number of esters is 1. The minimum absolute atomic E-state index is 0.0889. The number of ether oxygens (including phenoxy) is 2. The van der Waals surface area contributed by atoms with Crippen LogP contribution in [-0.2, 0) is 10.1 Å². The fourth-order valence-corrected chi connectivity index (χ4v) is 8.88. The molecule has 0 spiro atoms. The molecule has 4 atom stereocenters. The molecule has 4 amide bonds. The van der Waals surface area contributed by atoms with Crippen LogP contribution in [0.4, 0.5) is 9.59 Å². The van der Waals surface area contributed by atoms with E-state index in [9.17, 15) is 32.5 Å². The van der Waals surface area contributed by atoms with Crippen LogP contribution in [0.25, 0.3) is 0 Å². The number of aliphatic imine (C=N–C) groups is 2. The van der Waals surface area contributed by atoms with Gasteiger partial charge in [0, 0.05) is 18.0 Å². The molecule has 0 saturated carbocycles. The predicted octanol–water partition coefficient (Wildman–Crippen LogP) is 7.79. The second-order valence-corrected chi connectivity index (χ2v) is 16.0. The lowest BCUT2D eigenvalue weighted by molar-refractivity contribution is 0.0725. The zero-order chi connectivity index (χ0) is 42.0. The quantitative estimate of drug-likeness (QED) is 0.0566. The molecule has 16 heteroatoms. The summed E-state index contributed by atoms with van der Waals surface area (Å²) < 4.78 is 48.0. The number of aromatic nitrogens is 1. The van der Waals surface area contributed by atoms with E-state index in [0.717, 1.165) is 17.2 Å². The number of amides is 4. The average molecular weight is 842 g/mol. The first kappa shape index (κ1) is 39.8. The summed E-state index contributed by atoms with van der Waals surface area (Å²) in [6.45, 7) is 1.77. The maximum absolute atomic E-state index is 14.1. The van der Waals surface area contributed by atoms with Crippen LogP contribution in [0.1, 0.15) is 74.6 Å². The molecule has 3 unspecified atom stereocenters. The van der Waals surface area contributed by atoms with Crippen LogP contribution in [0.5, 0.6) is 17.2 Å². The van der Waals surface area contributed by atoms with Gasteiger partial charge in [0.05, 0.1) is 41.9 Å². The van der Waals surface area contributed by atoms with Crippen molar-refractivity contribution in [2.75, 3.05) is 6.61 Å². The van der Waals surface area contributed by atoms with Crippen LogP contribution in [0, 0.1) is 0 Å². The number of urea groups is 2. The molecule has 0 bridgehead atoms. The van der Waals surface area contributed by atoms with Crippen molar-refractivity contribution < 1.29 is 41.9 Å². The third-order valence-corrected chi connectivity index (χ3v) is 11.7. The van der Waals surface area contributed by atoms with E-state index in [1.807, 2.05) is 77.5 Å². The van der Waals surface area contributed by atoms with E-state index in [1.165, 1.54) is 35.6 Å². The minimum atomic E-state index is -5.08. The maximum Gasteiger partial charge on any atom is 0.347 e. The van der Waals surface area contributed by atoms with Gasteiger partial charge in [0.25, 0.3) is 10.1 Å². The minimum Gasteiger partial charge on any atom is -0.504 e. The molecular weight excluding hydrogens is 807 g/mol. The Morgan fingerprint density at radius 1 is 0.750 bits per heavy atom. The highest BCUT2D eigenvalue weighted by Crippen LogP contribution is 2.43. The summed E-state index contributed by atoms with van der Waals surface area (Å²) in [6.07, 6.45) is 3.19. The number of carbonyl (C=O) groups is 3. The first-order chi connectivity index (χ1) is 29.0. The van der Waals surface area contributed by atoms with E-state index in [4.69, 9.17) is 9.47 Å². The highest BCUT2D eigenvalue weighted by atomic mass is 32.2. The molecule has 0 aliphatic carbocycles. The highest BCUT2D eigenvalue weighted by Gasteiger charge is 2.39. The van der Waals surface area contributed by atoms with Crippen LogP contribution in [0.2, 0.25) is 0 Å². The first-order valence-electron chi connectivity index (χ1n) is 18.6. The van der Waals surface area contributed by atoms with Gasteiger partial charge < -0.3 is 25.2 Å². The summed E-state index contributed by atoms with van der Waals surface area (Å²) in [5, 5.41) is 20.9. The smallest absolute Gasteiger partial charge is 0.347 e. The van der Waals surface area contributed by atoms with E-state index in [-0.39, 0.29) is 17.9 Å². The fourth-order valence-electron chi connectivity index (χ4n) is 7.54. The van der Waals surface area contributed by atoms with Crippen molar-refractivity contribution in [2.24, 2.45) is 9.98 Å². The van der Waals surface area contributed by atoms with Crippen LogP contribution in [0.15, 0.2) is 147 Å².